The number of nitrogens with two attached hydrogens (primary N) is 1. The molecule has 2 N–H and O–H groups in total. The maximum absolute atomic E-state index is 12.2. The van der Waals surface area contributed by atoms with Gasteiger partial charge in [-0.1, -0.05) is 0 Å². The van der Waals surface area contributed by atoms with Gasteiger partial charge >= 0.3 is 0 Å². The Bertz CT molecular complexity index is 386. The Kier molecular flexibility index (Phi) is 3.30. The van der Waals surface area contributed by atoms with Crippen molar-refractivity contribution in [2.45, 2.75) is 26.3 Å². The molecule has 2 rings (SSSR count). The minimum Gasteiger partial charge on any atom is -0.338 e. The molecule has 0 aliphatic carbocycles. The van der Waals surface area contributed by atoms with Crippen LogP contribution in [0.3, 0.4) is 0 Å². The van der Waals surface area contributed by atoms with Crippen molar-refractivity contribution in [2.24, 2.45) is 11.7 Å². The second kappa shape index (κ2) is 4.55. The molecule has 1 aromatic heterocycles. The molecule has 88 valence electrons. The molecule has 2 unspecified atom stereocenters. The fraction of sp³-hybridized carbons (Fsp3) is 0.583. The van der Waals surface area contributed by atoms with Gasteiger partial charge in [0.1, 0.15) is 0 Å². The van der Waals surface area contributed by atoms with Gasteiger partial charge in [0, 0.05) is 24.5 Å². The average Bonchev–Trinajstić information content (AvgIpc) is 2.84. The van der Waals surface area contributed by atoms with E-state index < -0.39 is 0 Å². The highest BCUT2D eigenvalue weighted by Gasteiger charge is 2.29. The van der Waals surface area contributed by atoms with Crippen molar-refractivity contribution in [3.05, 3.63) is 21.9 Å². The normalized spacial score (nSPS) is 22.4. The summed E-state index contributed by atoms with van der Waals surface area (Å²) < 4.78 is 0. The lowest BCUT2D eigenvalue weighted by atomic mass is 10.0. The standard InChI is InChI=1S/C12H18N2OS/c1-8-6-16-7-11(8)12(15)14-4-3-10(5-14)9(2)13/h6-7,9-10H,3-5,13H2,1-2H3. The summed E-state index contributed by atoms with van der Waals surface area (Å²) in [4.78, 5) is 14.1. The van der Waals surface area contributed by atoms with Gasteiger partial charge in [-0.3, -0.25) is 4.79 Å². The first-order valence-corrected chi connectivity index (χ1v) is 6.61. The summed E-state index contributed by atoms with van der Waals surface area (Å²) in [6.07, 6.45) is 1.03. The van der Waals surface area contributed by atoms with E-state index in [1.54, 1.807) is 11.3 Å². The minimum atomic E-state index is 0.168. The van der Waals surface area contributed by atoms with Crippen LogP contribution in [0.15, 0.2) is 10.8 Å². The van der Waals surface area contributed by atoms with E-state index in [4.69, 9.17) is 5.73 Å². The number of hydrogen-bond acceptors (Lipinski definition) is 3. The van der Waals surface area contributed by atoms with E-state index in [1.807, 2.05) is 29.5 Å². The van der Waals surface area contributed by atoms with E-state index in [-0.39, 0.29) is 11.9 Å². The van der Waals surface area contributed by atoms with Crippen LogP contribution >= 0.6 is 11.3 Å². The van der Waals surface area contributed by atoms with Crippen LogP contribution in [0.4, 0.5) is 0 Å². The van der Waals surface area contributed by atoms with Gasteiger partial charge in [-0.05, 0) is 37.1 Å². The molecule has 0 aromatic carbocycles. The topological polar surface area (TPSA) is 46.3 Å². The summed E-state index contributed by atoms with van der Waals surface area (Å²) in [6.45, 7) is 5.67. The molecule has 1 amide bonds. The zero-order valence-electron chi connectivity index (χ0n) is 9.77. The number of aryl methyl sites for hydroxylation is 1. The Morgan fingerprint density at radius 3 is 2.88 bits per heavy atom. The molecular weight excluding hydrogens is 220 g/mol. The Morgan fingerprint density at radius 2 is 2.38 bits per heavy atom. The van der Waals surface area contributed by atoms with Crippen LogP contribution < -0.4 is 5.73 Å². The van der Waals surface area contributed by atoms with Crippen molar-refractivity contribution in [1.29, 1.82) is 0 Å². The van der Waals surface area contributed by atoms with Crippen molar-refractivity contribution in [1.82, 2.24) is 4.90 Å². The van der Waals surface area contributed by atoms with Crippen molar-refractivity contribution in [3.8, 4) is 0 Å². The van der Waals surface area contributed by atoms with Crippen LogP contribution in [0.1, 0.15) is 29.3 Å². The molecule has 2 atom stereocenters. The van der Waals surface area contributed by atoms with E-state index in [2.05, 4.69) is 0 Å². The summed E-state index contributed by atoms with van der Waals surface area (Å²) in [6, 6.07) is 0.182. The maximum Gasteiger partial charge on any atom is 0.254 e. The second-order valence-electron chi connectivity index (χ2n) is 4.63. The third kappa shape index (κ3) is 2.13. The second-order valence-corrected chi connectivity index (χ2v) is 5.37. The van der Waals surface area contributed by atoms with Crippen LogP contribution in [-0.2, 0) is 0 Å². The van der Waals surface area contributed by atoms with Gasteiger partial charge in [-0.15, -0.1) is 0 Å². The predicted octanol–water partition coefficient (Wildman–Crippen LogP) is 1.87. The number of nitrogens with zero attached hydrogens (tertiary/aromatic N) is 1. The lowest BCUT2D eigenvalue weighted by Gasteiger charge is -2.18. The minimum absolute atomic E-state index is 0.168. The SMILES string of the molecule is Cc1cscc1C(=O)N1CCC(C(C)N)C1. The highest BCUT2D eigenvalue weighted by atomic mass is 32.1. The van der Waals surface area contributed by atoms with Crippen molar-refractivity contribution < 1.29 is 4.79 Å². The monoisotopic (exact) mass is 238 g/mol. The maximum atomic E-state index is 12.2. The van der Waals surface area contributed by atoms with Gasteiger partial charge < -0.3 is 10.6 Å². The van der Waals surface area contributed by atoms with Crippen LogP contribution in [0.25, 0.3) is 0 Å². The highest BCUT2D eigenvalue weighted by Crippen LogP contribution is 2.23. The van der Waals surface area contributed by atoms with Gasteiger partial charge in [0.15, 0.2) is 0 Å². The van der Waals surface area contributed by atoms with Crippen LogP contribution in [-0.4, -0.2) is 29.9 Å². The molecule has 0 spiro atoms. The van der Waals surface area contributed by atoms with E-state index in [0.717, 1.165) is 30.6 Å². The van der Waals surface area contributed by atoms with Crippen molar-refractivity contribution in [3.63, 3.8) is 0 Å². The number of carbonyl (C=O) groups excluding carboxylic acids is 1. The lowest BCUT2D eigenvalue weighted by molar-refractivity contribution is 0.0786. The number of rotatable bonds is 2. The third-order valence-electron chi connectivity index (χ3n) is 3.34. The summed E-state index contributed by atoms with van der Waals surface area (Å²) >= 11 is 1.59. The van der Waals surface area contributed by atoms with Crippen molar-refractivity contribution >= 4 is 17.2 Å². The van der Waals surface area contributed by atoms with Gasteiger partial charge in [-0.2, -0.15) is 11.3 Å². The van der Waals surface area contributed by atoms with Gasteiger partial charge in [-0.25, -0.2) is 0 Å². The van der Waals surface area contributed by atoms with E-state index in [1.165, 1.54) is 0 Å². The largest absolute Gasteiger partial charge is 0.338 e. The molecule has 1 aliphatic heterocycles. The summed E-state index contributed by atoms with van der Waals surface area (Å²) in [7, 11) is 0. The molecular formula is C12H18N2OS. The van der Waals surface area contributed by atoms with Gasteiger partial charge in [0.05, 0.1) is 5.56 Å². The van der Waals surface area contributed by atoms with Gasteiger partial charge in [0.25, 0.3) is 5.91 Å². The molecule has 4 heteroatoms. The molecule has 0 saturated carbocycles. The zero-order chi connectivity index (χ0) is 11.7. The number of carbonyl (C=O) groups is 1. The summed E-state index contributed by atoms with van der Waals surface area (Å²) in [5, 5.41) is 3.96. The Labute approximate surface area is 100 Å². The van der Waals surface area contributed by atoms with Gasteiger partial charge in [0.2, 0.25) is 0 Å². The third-order valence-corrected chi connectivity index (χ3v) is 4.20. The molecule has 1 aromatic rings. The Morgan fingerprint density at radius 1 is 1.62 bits per heavy atom. The fourth-order valence-electron chi connectivity index (χ4n) is 2.15. The Hall–Kier alpha value is -0.870. The first-order valence-electron chi connectivity index (χ1n) is 5.67. The lowest BCUT2D eigenvalue weighted by Crippen LogP contribution is -2.33. The molecule has 16 heavy (non-hydrogen) atoms. The van der Waals surface area contributed by atoms with Crippen molar-refractivity contribution in [2.75, 3.05) is 13.1 Å². The quantitative estimate of drug-likeness (QED) is 0.855. The highest BCUT2D eigenvalue weighted by molar-refractivity contribution is 7.08. The Balaban J connectivity index is 2.05. The van der Waals surface area contributed by atoms with Crippen LogP contribution in [0.5, 0.6) is 0 Å². The number of hydrogen-bond donors (Lipinski definition) is 1. The van der Waals surface area contributed by atoms with E-state index >= 15 is 0 Å². The smallest absolute Gasteiger partial charge is 0.254 e. The molecule has 0 bridgehead atoms. The summed E-state index contributed by atoms with van der Waals surface area (Å²) in [5.41, 5.74) is 7.81. The average molecular weight is 238 g/mol. The molecule has 3 nitrogen and oxygen atoms in total. The van der Waals surface area contributed by atoms with E-state index in [9.17, 15) is 4.79 Å². The van der Waals surface area contributed by atoms with Crippen LogP contribution in [0, 0.1) is 12.8 Å². The molecule has 1 saturated heterocycles. The fourth-order valence-corrected chi connectivity index (χ4v) is 2.97. The zero-order valence-corrected chi connectivity index (χ0v) is 10.6. The number of thiophene rings is 1. The first-order chi connectivity index (χ1) is 7.59. The molecule has 0 radical (unpaired) electrons. The molecule has 2 heterocycles. The predicted molar refractivity (Wildman–Crippen MR) is 66.7 cm³/mol. The number of amides is 1. The van der Waals surface area contributed by atoms with E-state index in [0.29, 0.717) is 5.92 Å². The first kappa shape index (κ1) is 11.6. The van der Waals surface area contributed by atoms with Crippen LogP contribution in [0.2, 0.25) is 0 Å². The number of likely N-dealkylation sites (tertiary alicyclic amines) is 1. The summed E-state index contributed by atoms with van der Waals surface area (Å²) in [5.74, 6) is 0.629. The molecule has 1 fully saturated rings. The molecule has 1 aliphatic rings.